The van der Waals surface area contributed by atoms with Gasteiger partial charge in [0.2, 0.25) is 0 Å². The SMILES string of the molecule is CC1CCC(Cc2cc(F)cc(F)c2)CN1. The molecule has 88 valence electrons. The topological polar surface area (TPSA) is 12.0 Å². The van der Waals surface area contributed by atoms with Crippen molar-refractivity contribution < 1.29 is 8.78 Å². The summed E-state index contributed by atoms with van der Waals surface area (Å²) in [7, 11) is 0. The molecule has 2 unspecified atom stereocenters. The number of nitrogens with one attached hydrogen (secondary N) is 1. The summed E-state index contributed by atoms with van der Waals surface area (Å²) in [5.74, 6) is -0.461. The van der Waals surface area contributed by atoms with Gasteiger partial charge in [0.1, 0.15) is 11.6 Å². The van der Waals surface area contributed by atoms with E-state index in [1.54, 1.807) is 0 Å². The minimum Gasteiger partial charge on any atom is -0.314 e. The molecule has 0 aromatic heterocycles. The Kier molecular flexibility index (Phi) is 3.54. The lowest BCUT2D eigenvalue weighted by molar-refractivity contribution is 0.321. The van der Waals surface area contributed by atoms with E-state index >= 15 is 0 Å². The first-order chi connectivity index (χ1) is 7.63. The van der Waals surface area contributed by atoms with Crippen LogP contribution in [0.3, 0.4) is 0 Å². The van der Waals surface area contributed by atoms with Gasteiger partial charge in [-0.15, -0.1) is 0 Å². The Morgan fingerprint density at radius 2 is 1.88 bits per heavy atom. The highest BCUT2D eigenvalue weighted by molar-refractivity contribution is 5.18. The van der Waals surface area contributed by atoms with Crippen molar-refractivity contribution in [1.29, 1.82) is 0 Å². The first kappa shape index (κ1) is 11.5. The van der Waals surface area contributed by atoms with Crippen LogP contribution in [0.2, 0.25) is 0 Å². The van der Waals surface area contributed by atoms with Gasteiger partial charge < -0.3 is 5.32 Å². The largest absolute Gasteiger partial charge is 0.314 e. The standard InChI is InChI=1S/C13H17F2N/c1-9-2-3-10(8-16-9)4-11-5-12(14)7-13(15)6-11/h5-7,9-10,16H,2-4,8H2,1H3. The summed E-state index contributed by atoms with van der Waals surface area (Å²) >= 11 is 0. The molecule has 3 heteroatoms. The molecule has 1 N–H and O–H groups in total. The van der Waals surface area contributed by atoms with Crippen LogP contribution in [0.15, 0.2) is 18.2 Å². The molecule has 0 amide bonds. The van der Waals surface area contributed by atoms with Crippen molar-refractivity contribution in [2.45, 2.75) is 32.2 Å². The average molecular weight is 225 g/mol. The summed E-state index contributed by atoms with van der Waals surface area (Å²) in [5, 5.41) is 3.39. The highest BCUT2D eigenvalue weighted by Crippen LogP contribution is 2.20. The fraction of sp³-hybridized carbons (Fsp3) is 0.538. The summed E-state index contributed by atoms with van der Waals surface area (Å²) in [6.07, 6.45) is 3.03. The second-order valence-corrected chi connectivity index (χ2v) is 4.73. The average Bonchev–Trinajstić information content (AvgIpc) is 2.20. The maximum Gasteiger partial charge on any atom is 0.126 e. The first-order valence-corrected chi connectivity index (χ1v) is 5.82. The third kappa shape index (κ3) is 3.01. The van der Waals surface area contributed by atoms with Gasteiger partial charge in [-0.3, -0.25) is 0 Å². The lowest BCUT2D eigenvalue weighted by Crippen LogP contribution is -2.37. The minimum atomic E-state index is -0.480. The minimum absolute atomic E-state index is 0.480. The molecule has 0 radical (unpaired) electrons. The van der Waals surface area contributed by atoms with Gasteiger partial charge in [-0.25, -0.2) is 8.78 Å². The summed E-state index contributed by atoms with van der Waals surface area (Å²) < 4.78 is 26.0. The fourth-order valence-corrected chi connectivity index (χ4v) is 2.29. The zero-order valence-electron chi connectivity index (χ0n) is 9.47. The van der Waals surface area contributed by atoms with Crippen molar-refractivity contribution in [3.63, 3.8) is 0 Å². The second-order valence-electron chi connectivity index (χ2n) is 4.73. The molecule has 16 heavy (non-hydrogen) atoms. The molecule has 1 fully saturated rings. The van der Waals surface area contributed by atoms with Gasteiger partial charge in [-0.2, -0.15) is 0 Å². The van der Waals surface area contributed by atoms with Gasteiger partial charge in [0.05, 0.1) is 0 Å². The fourth-order valence-electron chi connectivity index (χ4n) is 2.29. The monoisotopic (exact) mass is 225 g/mol. The summed E-state index contributed by atoms with van der Waals surface area (Å²) in [6.45, 7) is 3.11. The molecule has 1 heterocycles. The van der Waals surface area contributed by atoms with E-state index in [4.69, 9.17) is 0 Å². The van der Waals surface area contributed by atoms with E-state index in [1.165, 1.54) is 12.1 Å². The molecule has 0 bridgehead atoms. The summed E-state index contributed by atoms with van der Waals surface area (Å²) in [4.78, 5) is 0. The molecule has 0 spiro atoms. The predicted molar refractivity (Wildman–Crippen MR) is 60.3 cm³/mol. The third-order valence-electron chi connectivity index (χ3n) is 3.21. The van der Waals surface area contributed by atoms with E-state index in [9.17, 15) is 8.78 Å². The molecule has 1 aromatic carbocycles. The van der Waals surface area contributed by atoms with Crippen molar-refractivity contribution in [1.82, 2.24) is 5.32 Å². The Labute approximate surface area is 94.9 Å². The van der Waals surface area contributed by atoms with Gasteiger partial charge in [0.25, 0.3) is 0 Å². The van der Waals surface area contributed by atoms with Crippen LogP contribution < -0.4 is 5.32 Å². The van der Waals surface area contributed by atoms with Crippen molar-refractivity contribution in [3.05, 3.63) is 35.4 Å². The summed E-state index contributed by atoms with van der Waals surface area (Å²) in [6, 6.07) is 4.35. The Morgan fingerprint density at radius 3 is 2.44 bits per heavy atom. The van der Waals surface area contributed by atoms with Crippen LogP contribution in [0.4, 0.5) is 8.78 Å². The molecular weight excluding hydrogens is 208 g/mol. The molecule has 2 atom stereocenters. The molecule has 2 rings (SSSR count). The smallest absolute Gasteiger partial charge is 0.126 e. The Bertz CT molecular complexity index is 337. The van der Waals surface area contributed by atoms with E-state index in [1.807, 2.05) is 0 Å². The van der Waals surface area contributed by atoms with Gasteiger partial charge in [0, 0.05) is 12.1 Å². The van der Waals surface area contributed by atoms with E-state index in [-0.39, 0.29) is 0 Å². The number of hydrogen-bond donors (Lipinski definition) is 1. The Morgan fingerprint density at radius 1 is 1.19 bits per heavy atom. The number of hydrogen-bond acceptors (Lipinski definition) is 1. The van der Waals surface area contributed by atoms with Gasteiger partial charge in [-0.05, 0) is 56.3 Å². The van der Waals surface area contributed by atoms with Crippen molar-refractivity contribution in [3.8, 4) is 0 Å². The van der Waals surface area contributed by atoms with Crippen LogP contribution in [0.25, 0.3) is 0 Å². The van der Waals surface area contributed by atoms with Gasteiger partial charge >= 0.3 is 0 Å². The highest BCUT2D eigenvalue weighted by atomic mass is 19.1. The third-order valence-corrected chi connectivity index (χ3v) is 3.21. The molecule has 1 saturated heterocycles. The molecular formula is C13H17F2N. The van der Waals surface area contributed by atoms with Crippen LogP contribution in [-0.4, -0.2) is 12.6 Å². The van der Waals surface area contributed by atoms with Crippen LogP contribution in [0.5, 0.6) is 0 Å². The zero-order valence-corrected chi connectivity index (χ0v) is 9.47. The van der Waals surface area contributed by atoms with E-state index in [0.717, 1.165) is 37.4 Å². The van der Waals surface area contributed by atoms with E-state index in [0.29, 0.717) is 12.0 Å². The second kappa shape index (κ2) is 4.91. The van der Waals surface area contributed by atoms with Crippen molar-refractivity contribution >= 4 is 0 Å². The van der Waals surface area contributed by atoms with Crippen LogP contribution in [-0.2, 0) is 6.42 Å². The Balaban J connectivity index is 1.98. The van der Waals surface area contributed by atoms with E-state index in [2.05, 4.69) is 12.2 Å². The lowest BCUT2D eigenvalue weighted by Gasteiger charge is -2.27. The summed E-state index contributed by atoms with van der Waals surface area (Å²) in [5.41, 5.74) is 0.763. The molecule has 0 aliphatic carbocycles. The molecule has 1 nitrogen and oxygen atoms in total. The molecule has 1 aliphatic rings. The number of rotatable bonds is 2. The van der Waals surface area contributed by atoms with Crippen molar-refractivity contribution in [2.24, 2.45) is 5.92 Å². The first-order valence-electron chi connectivity index (χ1n) is 5.82. The Hall–Kier alpha value is -0.960. The maximum absolute atomic E-state index is 13.0. The van der Waals surface area contributed by atoms with Crippen LogP contribution in [0.1, 0.15) is 25.3 Å². The molecule has 0 saturated carbocycles. The highest BCUT2D eigenvalue weighted by Gasteiger charge is 2.18. The van der Waals surface area contributed by atoms with Crippen molar-refractivity contribution in [2.75, 3.05) is 6.54 Å². The number of piperidine rings is 1. The normalized spacial score (nSPS) is 25.7. The van der Waals surface area contributed by atoms with E-state index < -0.39 is 11.6 Å². The number of benzene rings is 1. The van der Waals surface area contributed by atoms with Gasteiger partial charge in [-0.1, -0.05) is 0 Å². The molecule has 1 aromatic rings. The quantitative estimate of drug-likeness (QED) is 0.816. The zero-order chi connectivity index (χ0) is 11.5. The van der Waals surface area contributed by atoms with Gasteiger partial charge in [0.15, 0.2) is 0 Å². The predicted octanol–water partition coefficient (Wildman–Crippen LogP) is 2.90. The lowest BCUT2D eigenvalue weighted by atomic mass is 9.90. The number of halogens is 2. The van der Waals surface area contributed by atoms with Crippen LogP contribution >= 0.6 is 0 Å². The molecule has 1 aliphatic heterocycles. The van der Waals surface area contributed by atoms with Crippen LogP contribution in [0, 0.1) is 17.6 Å². The maximum atomic E-state index is 13.0.